The van der Waals surface area contributed by atoms with Crippen LogP contribution in [0.3, 0.4) is 0 Å². The van der Waals surface area contributed by atoms with E-state index < -0.39 is 10.8 Å². The minimum absolute atomic E-state index is 0.0777. The Morgan fingerprint density at radius 2 is 2.18 bits per heavy atom. The third-order valence-corrected chi connectivity index (χ3v) is 3.27. The van der Waals surface area contributed by atoms with Crippen molar-refractivity contribution in [3.05, 3.63) is 0 Å². The second-order valence-electron chi connectivity index (χ2n) is 3.36. The van der Waals surface area contributed by atoms with Gasteiger partial charge in [0.15, 0.2) is 0 Å². The number of carbonyl (C=O) groups excluding carboxylic acids is 1. The highest BCUT2D eigenvalue weighted by atomic mass is 32.2. The summed E-state index contributed by atoms with van der Waals surface area (Å²) in [7, 11) is -0.740. The highest BCUT2D eigenvalue weighted by Crippen LogP contribution is 2.41. The van der Waals surface area contributed by atoms with Crippen molar-refractivity contribution in [3.63, 3.8) is 0 Å². The van der Waals surface area contributed by atoms with E-state index in [2.05, 4.69) is 0 Å². The van der Waals surface area contributed by atoms with E-state index in [0.29, 0.717) is 5.75 Å². The smallest absolute Gasteiger partial charge is 0.126 e. The van der Waals surface area contributed by atoms with Crippen LogP contribution in [0.5, 0.6) is 0 Å². The third-order valence-electron chi connectivity index (χ3n) is 2.49. The first-order valence-electron chi connectivity index (χ1n) is 3.95. The lowest BCUT2D eigenvalue weighted by Crippen LogP contribution is -2.32. The molecule has 1 aliphatic rings. The molecule has 0 aromatic carbocycles. The molecule has 3 heteroatoms. The van der Waals surface area contributed by atoms with Crippen molar-refractivity contribution >= 4 is 17.1 Å². The van der Waals surface area contributed by atoms with Crippen LogP contribution in [0.4, 0.5) is 0 Å². The molecule has 0 saturated heterocycles. The van der Waals surface area contributed by atoms with Gasteiger partial charge in [0.1, 0.15) is 6.29 Å². The number of rotatable bonds is 4. The molecule has 2 nitrogen and oxygen atoms in total. The Labute approximate surface area is 69.8 Å². The fraction of sp³-hybridized carbons (Fsp3) is 0.875. The van der Waals surface area contributed by atoms with Crippen molar-refractivity contribution in [2.75, 3.05) is 12.0 Å². The summed E-state index contributed by atoms with van der Waals surface area (Å²) in [6, 6.07) is 0. The van der Waals surface area contributed by atoms with Gasteiger partial charge in [-0.15, -0.1) is 0 Å². The maximum Gasteiger partial charge on any atom is 0.126 e. The average molecular weight is 174 g/mol. The first-order valence-corrected chi connectivity index (χ1v) is 5.68. The third kappa shape index (κ3) is 2.12. The molecule has 0 aromatic rings. The van der Waals surface area contributed by atoms with Gasteiger partial charge in [0, 0.05) is 28.2 Å². The summed E-state index contributed by atoms with van der Waals surface area (Å²) in [5, 5.41) is 0. The quantitative estimate of drug-likeness (QED) is 0.599. The molecule has 0 amide bonds. The van der Waals surface area contributed by atoms with Gasteiger partial charge in [-0.25, -0.2) is 0 Å². The molecule has 1 rings (SSSR count). The van der Waals surface area contributed by atoms with Gasteiger partial charge in [0.05, 0.1) is 0 Å². The Hall–Kier alpha value is -0.180. The van der Waals surface area contributed by atoms with Gasteiger partial charge in [-0.3, -0.25) is 4.21 Å². The predicted molar refractivity (Wildman–Crippen MR) is 45.9 cm³/mol. The summed E-state index contributed by atoms with van der Waals surface area (Å²) in [6.45, 7) is 0. The second-order valence-corrected chi connectivity index (χ2v) is 4.92. The van der Waals surface area contributed by atoms with Crippen LogP contribution in [0.15, 0.2) is 0 Å². The topological polar surface area (TPSA) is 34.1 Å². The van der Waals surface area contributed by atoms with E-state index >= 15 is 0 Å². The van der Waals surface area contributed by atoms with Gasteiger partial charge in [-0.1, -0.05) is 6.42 Å². The minimum atomic E-state index is -0.740. The number of hydrogen-bond acceptors (Lipinski definition) is 2. The summed E-state index contributed by atoms with van der Waals surface area (Å²) in [6.07, 6.45) is 6.75. The fourth-order valence-electron chi connectivity index (χ4n) is 1.40. The van der Waals surface area contributed by atoms with Crippen LogP contribution in [0.2, 0.25) is 0 Å². The molecule has 64 valence electrons. The molecule has 0 spiro atoms. The summed E-state index contributed by atoms with van der Waals surface area (Å²) in [4.78, 5) is 10.6. The van der Waals surface area contributed by atoms with E-state index in [-0.39, 0.29) is 5.41 Å². The summed E-state index contributed by atoms with van der Waals surface area (Å²) in [5.74, 6) is 0.679. The molecule has 0 aliphatic heterocycles. The zero-order valence-electron chi connectivity index (χ0n) is 6.84. The van der Waals surface area contributed by atoms with Crippen LogP contribution in [-0.2, 0) is 15.6 Å². The minimum Gasteiger partial charge on any atom is -0.303 e. The molecular weight excluding hydrogens is 160 g/mol. The van der Waals surface area contributed by atoms with E-state index in [0.717, 1.165) is 32.0 Å². The van der Waals surface area contributed by atoms with E-state index in [1.165, 1.54) is 0 Å². The normalized spacial score (nSPS) is 23.7. The first-order chi connectivity index (χ1) is 5.18. The van der Waals surface area contributed by atoms with Crippen molar-refractivity contribution in [3.8, 4) is 0 Å². The van der Waals surface area contributed by atoms with Crippen molar-refractivity contribution in [2.45, 2.75) is 25.7 Å². The first kappa shape index (κ1) is 8.91. The molecule has 0 N–H and O–H groups in total. The van der Waals surface area contributed by atoms with Crippen molar-refractivity contribution in [1.82, 2.24) is 0 Å². The van der Waals surface area contributed by atoms with Crippen molar-refractivity contribution < 1.29 is 9.00 Å². The molecule has 1 aliphatic carbocycles. The average Bonchev–Trinajstić information content (AvgIpc) is 1.86. The Kier molecular flexibility index (Phi) is 2.82. The zero-order chi connectivity index (χ0) is 8.32. The van der Waals surface area contributed by atoms with Gasteiger partial charge < -0.3 is 4.79 Å². The van der Waals surface area contributed by atoms with Crippen LogP contribution in [0, 0.1) is 5.41 Å². The number of carbonyl (C=O) groups is 1. The standard InChI is InChI=1S/C8H14O2S/c1-11(10)6-5-8(7-9)3-2-4-8/h7H,2-6H2,1H3. The monoisotopic (exact) mass is 174 g/mol. The molecule has 1 saturated carbocycles. The van der Waals surface area contributed by atoms with Crippen LogP contribution < -0.4 is 0 Å². The molecule has 0 aromatic heterocycles. The molecule has 11 heavy (non-hydrogen) atoms. The lowest BCUT2D eigenvalue weighted by Gasteiger charge is -2.36. The molecular formula is C8H14O2S. The maximum absolute atomic E-state index is 10.7. The molecule has 0 heterocycles. The Morgan fingerprint density at radius 1 is 1.55 bits per heavy atom. The fourth-order valence-corrected chi connectivity index (χ4v) is 2.10. The maximum atomic E-state index is 10.7. The van der Waals surface area contributed by atoms with E-state index in [1.807, 2.05) is 0 Å². The highest BCUT2D eigenvalue weighted by Gasteiger charge is 2.36. The van der Waals surface area contributed by atoms with Gasteiger partial charge in [0.2, 0.25) is 0 Å². The zero-order valence-corrected chi connectivity index (χ0v) is 7.65. The van der Waals surface area contributed by atoms with Gasteiger partial charge in [-0.05, 0) is 19.3 Å². The largest absolute Gasteiger partial charge is 0.303 e. The van der Waals surface area contributed by atoms with Crippen LogP contribution in [-0.4, -0.2) is 22.5 Å². The van der Waals surface area contributed by atoms with E-state index in [4.69, 9.17) is 0 Å². The number of aldehydes is 1. The second kappa shape index (κ2) is 3.48. The number of hydrogen-bond donors (Lipinski definition) is 0. The summed E-state index contributed by atoms with van der Waals surface area (Å²) >= 11 is 0. The molecule has 1 unspecified atom stereocenters. The van der Waals surface area contributed by atoms with Gasteiger partial charge in [-0.2, -0.15) is 0 Å². The lowest BCUT2D eigenvalue weighted by atomic mass is 9.68. The van der Waals surface area contributed by atoms with Crippen molar-refractivity contribution in [1.29, 1.82) is 0 Å². The lowest BCUT2D eigenvalue weighted by molar-refractivity contribution is -0.120. The van der Waals surface area contributed by atoms with E-state index in [1.54, 1.807) is 6.26 Å². The van der Waals surface area contributed by atoms with Crippen LogP contribution in [0.1, 0.15) is 25.7 Å². The summed E-state index contributed by atoms with van der Waals surface area (Å²) < 4.78 is 10.7. The Bertz CT molecular complexity index is 173. The highest BCUT2D eigenvalue weighted by molar-refractivity contribution is 7.84. The Balaban J connectivity index is 2.33. The van der Waals surface area contributed by atoms with Crippen LogP contribution >= 0.6 is 0 Å². The predicted octanol–water partition coefficient (Wildman–Crippen LogP) is 1.12. The SMILES string of the molecule is CS(=O)CCC1(C=O)CCC1. The molecule has 0 radical (unpaired) electrons. The molecule has 1 atom stereocenters. The molecule has 0 bridgehead atoms. The molecule has 1 fully saturated rings. The van der Waals surface area contributed by atoms with Crippen LogP contribution in [0.25, 0.3) is 0 Å². The van der Waals surface area contributed by atoms with Gasteiger partial charge >= 0.3 is 0 Å². The summed E-state index contributed by atoms with van der Waals surface area (Å²) in [5.41, 5.74) is -0.0777. The van der Waals surface area contributed by atoms with Crippen molar-refractivity contribution in [2.24, 2.45) is 5.41 Å². The van der Waals surface area contributed by atoms with Gasteiger partial charge in [0.25, 0.3) is 0 Å². The Morgan fingerprint density at radius 3 is 2.45 bits per heavy atom. The van der Waals surface area contributed by atoms with E-state index in [9.17, 15) is 9.00 Å².